The highest BCUT2D eigenvalue weighted by atomic mass is 16.4. The molecule has 0 spiro atoms. The van der Waals surface area contributed by atoms with Crippen molar-refractivity contribution in [1.82, 2.24) is 0 Å². The largest absolute Gasteiger partial charge is 0.481 e. The van der Waals surface area contributed by atoms with Gasteiger partial charge in [0.1, 0.15) is 0 Å². The van der Waals surface area contributed by atoms with E-state index in [1.807, 2.05) is 0 Å². The predicted octanol–water partition coefficient (Wildman–Crippen LogP) is 0.863. The van der Waals surface area contributed by atoms with Gasteiger partial charge in [0.25, 0.3) is 11.7 Å². The molecule has 1 aliphatic rings. The van der Waals surface area contributed by atoms with Gasteiger partial charge >= 0.3 is 5.97 Å². The first kappa shape index (κ1) is 11.3. The minimum Gasteiger partial charge on any atom is -0.481 e. The molecule has 2 rings (SSSR count). The van der Waals surface area contributed by atoms with E-state index in [-0.39, 0.29) is 12.8 Å². The molecule has 0 saturated heterocycles. The molecule has 1 N–H and O–H groups in total. The number of Topliss-reactive ketones (excluding diaryl/α,β-unsaturated/α-hetero) is 1. The van der Waals surface area contributed by atoms with Crippen LogP contribution in [0.3, 0.4) is 0 Å². The number of amides is 1. The van der Waals surface area contributed by atoms with Crippen molar-refractivity contribution >= 4 is 23.3 Å². The summed E-state index contributed by atoms with van der Waals surface area (Å²) in [5.41, 5.74) is 1.52. The van der Waals surface area contributed by atoms with Gasteiger partial charge in [-0.1, -0.05) is 12.1 Å². The standard InChI is InChI=1S/C12H11NO4/c1-13-8-4-2-3-7(5-6-9(14)15)10(8)11(16)12(13)17/h2-4H,5-6H2,1H3,(H,14,15). The molecule has 0 aliphatic carbocycles. The number of rotatable bonds is 3. The molecular formula is C12H11NO4. The molecule has 1 heterocycles. The average Bonchev–Trinajstić information content (AvgIpc) is 2.52. The van der Waals surface area contributed by atoms with Gasteiger partial charge in [0.15, 0.2) is 0 Å². The molecule has 0 radical (unpaired) electrons. The lowest BCUT2D eigenvalue weighted by molar-refractivity contribution is -0.136. The van der Waals surface area contributed by atoms with Crippen LogP contribution in [0.4, 0.5) is 5.69 Å². The van der Waals surface area contributed by atoms with Gasteiger partial charge in [0.05, 0.1) is 11.3 Å². The molecule has 0 atom stereocenters. The van der Waals surface area contributed by atoms with Gasteiger partial charge in [-0.15, -0.1) is 0 Å². The van der Waals surface area contributed by atoms with E-state index in [2.05, 4.69) is 0 Å². The van der Waals surface area contributed by atoms with Gasteiger partial charge < -0.3 is 10.0 Å². The Morgan fingerprint density at radius 1 is 1.35 bits per heavy atom. The fourth-order valence-electron chi connectivity index (χ4n) is 1.95. The number of carboxylic acids is 1. The molecule has 1 aliphatic heterocycles. The summed E-state index contributed by atoms with van der Waals surface area (Å²) in [7, 11) is 1.53. The fraction of sp³-hybridized carbons (Fsp3) is 0.250. The van der Waals surface area contributed by atoms with Gasteiger partial charge in [-0.05, 0) is 18.1 Å². The Bertz CT molecular complexity index is 521. The molecule has 1 aromatic carbocycles. The molecule has 1 aromatic rings. The van der Waals surface area contributed by atoms with Crippen molar-refractivity contribution in [2.75, 3.05) is 11.9 Å². The van der Waals surface area contributed by atoms with Gasteiger partial charge in [-0.2, -0.15) is 0 Å². The molecule has 0 fully saturated rings. The highest BCUT2D eigenvalue weighted by Crippen LogP contribution is 2.30. The molecular weight excluding hydrogens is 222 g/mol. The van der Waals surface area contributed by atoms with Gasteiger partial charge in [0.2, 0.25) is 0 Å². The summed E-state index contributed by atoms with van der Waals surface area (Å²) in [5.74, 6) is -2.04. The Balaban J connectivity index is 2.41. The summed E-state index contributed by atoms with van der Waals surface area (Å²) in [6.07, 6.45) is 0.201. The first-order valence-corrected chi connectivity index (χ1v) is 5.18. The number of aliphatic carboxylic acids is 1. The summed E-state index contributed by atoms with van der Waals surface area (Å²) in [6, 6.07) is 5.09. The third-order valence-corrected chi connectivity index (χ3v) is 2.82. The minimum absolute atomic E-state index is 0.0539. The first-order valence-electron chi connectivity index (χ1n) is 5.18. The number of carboxylic acid groups (broad SMARTS) is 1. The number of likely N-dealkylation sites (N-methyl/N-ethyl adjacent to an activating group) is 1. The monoisotopic (exact) mass is 233 g/mol. The molecule has 0 unspecified atom stereocenters. The number of ketones is 1. The van der Waals surface area contributed by atoms with Crippen molar-refractivity contribution in [3.63, 3.8) is 0 Å². The average molecular weight is 233 g/mol. The number of carbonyl (C=O) groups excluding carboxylic acids is 2. The number of anilines is 1. The lowest BCUT2D eigenvalue weighted by Gasteiger charge is -2.09. The highest BCUT2D eigenvalue weighted by molar-refractivity contribution is 6.52. The maximum atomic E-state index is 11.7. The van der Waals surface area contributed by atoms with Crippen molar-refractivity contribution in [2.24, 2.45) is 0 Å². The van der Waals surface area contributed by atoms with Gasteiger partial charge in [-0.3, -0.25) is 14.4 Å². The second kappa shape index (κ2) is 4.01. The van der Waals surface area contributed by atoms with Crippen molar-refractivity contribution in [3.8, 4) is 0 Å². The van der Waals surface area contributed by atoms with Crippen LogP contribution in [-0.2, 0) is 16.0 Å². The van der Waals surface area contributed by atoms with Crippen LogP contribution in [-0.4, -0.2) is 29.8 Å². The molecule has 5 heteroatoms. The van der Waals surface area contributed by atoms with E-state index in [9.17, 15) is 14.4 Å². The summed E-state index contributed by atoms with van der Waals surface area (Å²) in [5, 5.41) is 8.63. The number of nitrogens with zero attached hydrogens (tertiary/aromatic N) is 1. The maximum Gasteiger partial charge on any atom is 0.303 e. The molecule has 1 amide bonds. The Labute approximate surface area is 97.7 Å². The van der Waals surface area contributed by atoms with E-state index in [0.29, 0.717) is 16.8 Å². The number of aryl methyl sites for hydroxylation is 1. The van der Waals surface area contributed by atoms with Crippen molar-refractivity contribution in [2.45, 2.75) is 12.8 Å². The van der Waals surface area contributed by atoms with E-state index >= 15 is 0 Å². The Morgan fingerprint density at radius 3 is 2.71 bits per heavy atom. The summed E-state index contributed by atoms with van der Waals surface area (Å²) in [4.78, 5) is 35.1. The molecule has 0 aromatic heterocycles. The van der Waals surface area contributed by atoms with Crippen LogP contribution in [0.25, 0.3) is 0 Å². The van der Waals surface area contributed by atoms with Crippen LogP contribution in [0.5, 0.6) is 0 Å². The summed E-state index contributed by atoms with van der Waals surface area (Å²) < 4.78 is 0. The van der Waals surface area contributed by atoms with Crippen LogP contribution in [0.15, 0.2) is 18.2 Å². The Hall–Kier alpha value is -2.17. The second-order valence-electron chi connectivity index (χ2n) is 3.90. The smallest absolute Gasteiger partial charge is 0.303 e. The minimum atomic E-state index is -0.923. The Morgan fingerprint density at radius 2 is 2.06 bits per heavy atom. The predicted molar refractivity (Wildman–Crippen MR) is 60.1 cm³/mol. The number of carbonyl (C=O) groups is 3. The Kier molecular flexibility index (Phi) is 2.67. The van der Waals surface area contributed by atoms with Crippen LogP contribution in [0.1, 0.15) is 22.3 Å². The van der Waals surface area contributed by atoms with E-state index in [0.717, 1.165) is 0 Å². The van der Waals surface area contributed by atoms with Gasteiger partial charge in [0, 0.05) is 13.5 Å². The highest BCUT2D eigenvalue weighted by Gasteiger charge is 2.34. The molecule has 0 bridgehead atoms. The second-order valence-corrected chi connectivity index (χ2v) is 3.90. The number of hydrogen-bond acceptors (Lipinski definition) is 3. The molecule has 0 saturated carbocycles. The van der Waals surface area contributed by atoms with Crippen molar-refractivity contribution < 1.29 is 19.5 Å². The number of fused-ring (bicyclic) bond motifs is 1. The van der Waals surface area contributed by atoms with Crippen molar-refractivity contribution in [1.29, 1.82) is 0 Å². The van der Waals surface area contributed by atoms with Crippen LogP contribution >= 0.6 is 0 Å². The van der Waals surface area contributed by atoms with Crippen LogP contribution in [0, 0.1) is 0 Å². The van der Waals surface area contributed by atoms with E-state index < -0.39 is 17.7 Å². The molecule has 17 heavy (non-hydrogen) atoms. The normalized spacial score (nSPS) is 14.1. The topological polar surface area (TPSA) is 74.7 Å². The lowest BCUT2D eigenvalue weighted by Crippen LogP contribution is -2.24. The third-order valence-electron chi connectivity index (χ3n) is 2.82. The summed E-state index contributed by atoms with van der Waals surface area (Å²) >= 11 is 0. The van der Waals surface area contributed by atoms with E-state index in [1.165, 1.54) is 11.9 Å². The number of hydrogen-bond donors (Lipinski definition) is 1. The van der Waals surface area contributed by atoms with E-state index in [4.69, 9.17) is 5.11 Å². The first-order chi connectivity index (χ1) is 8.02. The zero-order valence-electron chi connectivity index (χ0n) is 9.27. The van der Waals surface area contributed by atoms with Crippen molar-refractivity contribution in [3.05, 3.63) is 29.3 Å². The lowest BCUT2D eigenvalue weighted by atomic mass is 10.00. The molecule has 88 valence electrons. The zero-order valence-corrected chi connectivity index (χ0v) is 9.27. The van der Waals surface area contributed by atoms with E-state index in [1.54, 1.807) is 18.2 Å². The third kappa shape index (κ3) is 1.80. The van der Waals surface area contributed by atoms with Crippen LogP contribution < -0.4 is 4.90 Å². The molecule has 5 nitrogen and oxygen atoms in total. The SMILES string of the molecule is CN1C(=O)C(=O)c2c(CCC(=O)O)cccc21. The number of benzene rings is 1. The zero-order chi connectivity index (χ0) is 12.6. The maximum absolute atomic E-state index is 11.7. The van der Waals surface area contributed by atoms with Crippen LogP contribution in [0.2, 0.25) is 0 Å². The van der Waals surface area contributed by atoms with Gasteiger partial charge in [-0.25, -0.2) is 0 Å². The summed E-state index contributed by atoms with van der Waals surface area (Å²) in [6.45, 7) is 0. The fourth-order valence-corrected chi connectivity index (χ4v) is 1.95. The quantitative estimate of drug-likeness (QED) is 0.786.